The lowest BCUT2D eigenvalue weighted by molar-refractivity contribution is 0.101. The summed E-state index contributed by atoms with van der Waals surface area (Å²) in [6, 6.07) is 5.48. The molecule has 0 unspecified atom stereocenters. The minimum Gasteiger partial charge on any atom is -0.295 e. The van der Waals surface area contributed by atoms with E-state index in [0.29, 0.717) is 11.1 Å². The molecule has 2 heteroatoms. The van der Waals surface area contributed by atoms with Gasteiger partial charge in [-0.1, -0.05) is 20.8 Å². The number of rotatable bonds is 4. The summed E-state index contributed by atoms with van der Waals surface area (Å²) < 4.78 is 0. The van der Waals surface area contributed by atoms with Crippen molar-refractivity contribution in [2.24, 2.45) is 0 Å². The number of carbonyl (C=O) groups excluding carboxylic acids is 2. The van der Waals surface area contributed by atoms with Crippen LogP contribution in [0.4, 0.5) is 0 Å². The van der Waals surface area contributed by atoms with E-state index in [4.69, 9.17) is 0 Å². The summed E-state index contributed by atoms with van der Waals surface area (Å²) in [4.78, 5) is 23.0. The Bertz CT molecular complexity index is 424. The molecule has 0 bridgehead atoms. The molecule has 0 aliphatic rings. The van der Waals surface area contributed by atoms with E-state index in [1.165, 1.54) is 13.8 Å². The predicted octanol–water partition coefficient (Wildman–Crippen LogP) is 3.78. The second-order valence-corrected chi connectivity index (χ2v) is 5.15. The van der Waals surface area contributed by atoms with Crippen molar-refractivity contribution in [3.05, 3.63) is 34.9 Å². The van der Waals surface area contributed by atoms with Gasteiger partial charge in [0.15, 0.2) is 11.6 Å². The Morgan fingerprint density at radius 1 is 1.00 bits per heavy atom. The number of benzene rings is 1. The van der Waals surface area contributed by atoms with Gasteiger partial charge in [-0.2, -0.15) is 0 Å². The first-order valence-electron chi connectivity index (χ1n) is 5.95. The monoisotopic (exact) mass is 232 g/mol. The molecule has 0 aliphatic heterocycles. The lowest BCUT2D eigenvalue weighted by Crippen LogP contribution is -2.17. The van der Waals surface area contributed by atoms with E-state index in [1.54, 1.807) is 6.07 Å². The lowest BCUT2D eigenvalue weighted by atomic mass is 9.80. The van der Waals surface area contributed by atoms with Crippen LogP contribution in [0.15, 0.2) is 18.2 Å². The molecule has 0 saturated carbocycles. The molecule has 1 aromatic carbocycles. The first-order valence-corrected chi connectivity index (χ1v) is 5.95. The van der Waals surface area contributed by atoms with Gasteiger partial charge in [-0.3, -0.25) is 9.59 Å². The number of hydrogen-bond donors (Lipinski definition) is 0. The van der Waals surface area contributed by atoms with Crippen LogP contribution in [-0.2, 0) is 5.41 Å². The summed E-state index contributed by atoms with van der Waals surface area (Å²) in [5.74, 6) is 0.00232. The number of Topliss-reactive ketones (excluding diaryl/α,β-unsaturated/α-hetero) is 2. The fraction of sp³-hybridized carbons (Fsp3) is 0.467. The lowest BCUT2D eigenvalue weighted by Gasteiger charge is -2.24. The summed E-state index contributed by atoms with van der Waals surface area (Å²) >= 11 is 0. The van der Waals surface area contributed by atoms with E-state index in [1.807, 2.05) is 12.1 Å². The smallest absolute Gasteiger partial charge is 0.159 e. The molecule has 92 valence electrons. The Labute approximate surface area is 103 Å². The zero-order valence-corrected chi connectivity index (χ0v) is 11.3. The molecule has 1 aromatic rings. The third kappa shape index (κ3) is 3.02. The quantitative estimate of drug-likeness (QED) is 0.740. The summed E-state index contributed by atoms with van der Waals surface area (Å²) in [7, 11) is 0. The number of ketones is 2. The van der Waals surface area contributed by atoms with E-state index < -0.39 is 0 Å². The van der Waals surface area contributed by atoms with Gasteiger partial charge in [0, 0.05) is 11.1 Å². The number of hydrogen-bond acceptors (Lipinski definition) is 2. The van der Waals surface area contributed by atoms with Crippen molar-refractivity contribution in [1.29, 1.82) is 0 Å². The Kier molecular flexibility index (Phi) is 3.87. The molecule has 2 nitrogen and oxygen atoms in total. The van der Waals surface area contributed by atoms with Crippen LogP contribution in [-0.4, -0.2) is 11.6 Å². The van der Waals surface area contributed by atoms with E-state index in [0.717, 1.165) is 12.0 Å². The van der Waals surface area contributed by atoms with Crippen molar-refractivity contribution >= 4 is 11.6 Å². The third-order valence-electron chi connectivity index (χ3n) is 3.41. The molecule has 17 heavy (non-hydrogen) atoms. The van der Waals surface area contributed by atoms with Gasteiger partial charge in [-0.25, -0.2) is 0 Å². The Balaban J connectivity index is 3.41. The van der Waals surface area contributed by atoms with Crippen LogP contribution in [0.2, 0.25) is 0 Å². The Morgan fingerprint density at radius 2 is 1.41 bits per heavy atom. The molecule has 0 amide bonds. The van der Waals surface area contributed by atoms with E-state index in [2.05, 4.69) is 20.8 Å². The van der Waals surface area contributed by atoms with Crippen molar-refractivity contribution in [1.82, 2.24) is 0 Å². The van der Waals surface area contributed by atoms with E-state index in [9.17, 15) is 9.59 Å². The van der Waals surface area contributed by atoms with Crippen LogP contribution in [0.1, 0.15) is 67.3 Å². The normalized spacial score (nSPS) is 11.4. The van der Waals surface area contributed by atoms with Gasteiger partial charge in [-0.05, 0) is 49.4 Å². The van der Waals surface area contributed by atoms with Crippen molar-refractivity contribution < 1.29 is 9.59 Å². The van der Waals surface area contributed by atoms with Gasteiger partial charge in [-0.15, -0.1) is 0 Å². The van der Waals surface area contributed by atoms with Gasteiger partial charge < -0.3 is 0 Å². The molecule has 0 spiro atoms. The van der Waals surface area contributed by atoms with Crippen LogP contribution >= 0.6 is 0 Å². The first-order chi connectivity index (χ1) is 7.77. The minimum atomic E-state index is -0.0182. The molecule has 0 saturated heterocycles. The molecule has 0 N–H and O–H groups in total. The second-order valence-electron chi connectivity index (χ2n) is 5.15. The maximum Gasteiger partial charge on any atom is 0.159 e. The molecule has 0 atom stereocenters. The topological polar surface area (TPSA) is 34.1 Å². The largest absolute Gasteiger partial charge is 0.295 e. The van der Waals surface area contributed by atoms with Gasteiger partial charge in [0.1, 0.15) is 0 Å². The Morgan fingerprint density at radius 3 is 1.71 bits per heavy atom. The molecule has 0 aliphatic carbocycles. The highest BCUT2D eigenvalue weighted by atomic mass is 16.1. The highest BCUT2D eigenvalue weighted by molar-refractivity contribution is 6.00. The third-order valence-corrected chi connectivity index (χ3v) is 3.41. The summed E-state index contributed by atoms with van der Waals surface area (Å²) in [6.07, 6.45) is 0.964. The molecule has 0 aromatic heterocycles. The second kappa shape index (κ2) is 4.82. The SMILES string of the molecule is CCC(C)(C)c1cc(C(C)=O)cc(C(C)=O)c1. The standard InChI is InChI=1S/C15H20O2/c1-6-15(4,5)14-8-12(10(2)16)7-13(9-14)11(3)17/h7-9H,6H2,1-5H3. The minimum absolute atomic E-state index is 0.00116. The number of carbonyl (C=O) groups is 2. The maximum absolute atomic E-state index is 11.5. The molecular formula is C15H20O2. The maximum atomic E-state index is 11.5. The van der Waals surface area contributed by atoms with Crippen LogP contribution < -0.4 is 0 Å². The van der Waals surface area contributed by atoms with Gasteiger partial charge in [0.05, 0.1) is 0 Å². The van der Waals surface area contributed by atoms with Crippen LogP contribution in [0.3, 0.4) is 0 Å². The van der Waals surface area contributed by atoms with E-state index >= 15 is 0 Å². The molecule has 0 fully saturated rings. The highest BCUT2D eigenvalue weighted by Gasteiger charge is 2.20. The molecule has 0 heterocycles. The average molecular weight is 232 g/mol. The van der Waals surface area contributed by atoms with Crippen molar-refractivity contribution in [3.8, 4) is 0 Å². The van der Waals surface area contributed by atoms with Crippen LogP contribution in [0, 0.1) is 0 Å². The average Bonchev–Trinajstić information content (AvgIpc) is 2.28. The van der Waals surface area contributed by atoms with Gasteiger partial charge in [0.25, 0.3) is 0 Å². The fourth-order valence-corrected chi connectivity index (χ4v) is 1.63. The zero-order valence-electron chi connectivity index (χ0n) is 11.3. The zero-order chi connectivity index (χ0) is 13.2. The molecule has 1 rings (SSSR count). The molecular weight excluding hydrogens is 212 g/mol. The van der Waals surface area contributed by atoms with Crippen molar-refractivity contribution in [3.63, 3.8) is 0 Å². The summed E-state index contributed by atoms with van der Waals surface area (Å²) in [5, 5.41) is 0. The Hall–Kier alpha value is -1.44. The molecule has 0 radical (unpaired) electrons. The van der Waals surface area contributed by atoms with Crippen molar-refractivity contribution in [2.45, 2.75) is 46.5 Å². The fourth-order valence-electron chi connectivity index (χ4n) is 1.63. The summed E-state index contributed by atoms with van der Waals surface area (Å²) in [5.41, 5.74) is 2.27. The predicted molar refractivity (Wildman–Crippen MR) is 69.8 cm³/mol. The highest BCUT2D eigenvalue weighted by Crippen LogP contribution is 2.28. The first kappa shape index (κ1) is 13.6. The van der Waals surface area contributed by atoms with Gasteiger partial charge >= 0.3 is 0 Å². The summed E-state index contributed by atoms with van der Waals surface area (Å²) in [6.45, 7) is 9.41. The van der Waals surface area contributed by atoms with Crippen LogP contribution in [0.5, 0.6) is 0 Å². The van der Waals surface area contributed by atoms with Crippen LogP contribution in [0.25, 0.3) is 0 Å². The van der Waals surface area contributed by atoms with Gasteiger partial charge in [0.2, 0.25) is 0 Å². The van der Waals surface area contributed by atoms with E-state index in [-0.39, 0.29) is 17.0 Å². The van der Waals surface area contributed by atoms with Crippen molar-refractivity contribution in [2.75, 3.05) is 0 Å².